The molecule has 0 aliphatic rings. The minimum atomic E-state index is -3.15. The van der Waals surface area contributed by atoms with Crippen LogP contribution in [0.15, 0.2) is 0 Å². The van der Waals surface area contributed by atoms with E-state index in [0.29, 0.717) is 6.42 Å². The summed E-state index contributed by atoms with van der Waals surface area (Å²) in [6.45, 7) is 4.90. The fraction of sp³-hybridized carbons (Fsp3) is 0.900. The zero-order chi connectivity index (χ0) is 11.0. The number of carbonyl (C=O) groups is 1. The smallest absolute Gasteiger partial charge is 0.436 e. The number of hydrogen-bond donors (Lipinski definition) is 0. The van der Waals surface area contributed by atoms with Gasteiger partial charge >= 0.3 is 8.65 Å². The Labute approximate surface area is 87.1 Å². The van der Waals surface area contributed by atoms with Gasteiger partial charge in [-0.05, 0) is 19.5 Å². The average Bonchev–Trinajstić information content (AvgIpc) is 2.00. The van der Waals surface area contributed by atoms with E-state index in [1.165, 1.54) is 25.9 Å². The van der Waals surface area contributed by atoms with Crippen LogP contribution in [0.5, 0.6) is 0 Å². The Hall–Kier alpha value is -0.383. The predicted octanol–water partition coefficient (Wildman–Crippen LogP) is 3.56. The van der Waals surface area contributed by atoms with Crippen molar-refractivity contribution in [3.05, 3.63) is 0 Å². The van der Waals surface area contributed by atoms with Crippen LogP contribution in [0.4, 0.5) is 4.11 Å². The van der Waals surface area contributed by atoms with Crippen molar-refractivity contribution < 1.29 is 13.3 Å². The molecule has 2 nitrogen and oxygen atoms in total. The lowest BCUT2D eigenvalue weighted by molar-refractivity contribution is -0.135. The largest absolute Gasteiger partial charge is 0.491 e. The first-order valence-corrected chi connectivity index (χ1v) is 8.15. The maximum atomic E-state index is 13.0. The third kappa shape index (κ3) is 9.70. The molecule has 0 atom stereocenters. The van der Waals surface area contributed by atoms with Gasteiger partial charge in [0.15, 0.2) is 0 Å². The summed E-state index contributed by atoms with van der Waals surface area (Å²) in [7, 11) is -3.15. The van der Waals surface area contributed by atoms with Crippen LogP contribution < -0.4 is 0 Å². The van der Waals surface area contributed by atoms with Gasteiger partial charge in [0, 0.05) is 6.42 Å². The molecule has 84 valence electrons. The Bertz CT molecular complexity index is 166. The first-order valence-electron chi connectivity index (χ1n) is 5.36. The van der Waals surface area contributed by atoms with Crippen LogP contribution in [-0.4, -0.2) is 14.6 Å². The highest BCUT2D eigenvalue weighted by molar-refractivity contribution is 6.65. The molecular weight excluding hydrogens is 199 g/mol. The van der Waals surface area contributed by atoms with Gasteiger partial charge in [-0.2, -0.15) is 0 Å². The molecule has 0 aliphatic carbocycles. The number of hydrogen-bond acceptors (Lipinski definition) is 2. The van der Waals surface area contributed by atoms with E-state index in [-0.39, 0.29) is 5.97 Å². The lowest BCUT2D eigenvalue weighted by Crippen LogP contribution is -2.27. The summed E-state index contributed by atoms with van der Waals surface area (Å²) in [5.41, 5.74) is 0. The second kappa shape index (κ2) is 6.98. The van der Waals surface area contributed by atoms with Crippen LogP contribution in [0.3, 0.4) is 0 Å². The van der Waals surface area contributed by atoms with Crippen molar-refractivity contribution in [3.8, 4) is 0 Å². The highest BCUT2D eigenvalue weighted by Crippen LogP contribution is 2.10. The SMILES string of the molecule is CCCCCCCC(=O)O[Si](C)(C)F. The maximum Gasteiger partial charge on any atom is 0.436 e. The second-order valence-corrected chi connectivity index (χ2v) is 6.93. The van der Waals surface area contributed by atoms with E-state index < -0.39 is 8.65 Å². The Balaban J connectivity index is 3.36. The summed E-state index contributed by atoms with van der Waals surface area (Å²) in [5.74, 6) is -0.374. The molecule has 0 aromatic heterocycles. The Kier molecular flexibility index (Phi) is 6.79. The first-order chi connectivity index (χ1) is 6.45. The minimum Gasteiger partial charge on any atom is -0.491 e. The molecule has 0 aromatic carbocycles. The molecule has 0 bridgehead atoms. The van der Waals surface area contributed by atoms with Gasteiger partial charge in [0.25, 0.3) is 5.97 Å². The van der Waals surface area contributed by atoms with Crippen LogP contribution in [0, 0.1) is 0 Å². The topological polar surface area (TPSA) is 26.3 Å². The van der Waals surface area contributed by atoms with Crippen LogP contribution in [0.25, 0.3) is 0 Å². The van der Waals surface area contributed by atoms with Gasteiger partial charge in [-0.3, -0.25) is 8.90 Å². The third-order valence-corrected chi connectivity index (χ3v) is 2.55. The summed E-state index contributed by atoms with van der Waals surface area (Å²) in [4.78, 5) is 11.1. The van der Waals surface area contributed by atoms with Crippen molar-refractivity contribution in [1.29, 1.82) is 0 Å². The second-order valence-electron chi connectivity index (χ2n) is 4.00. The summed E-state index contributed by atoms with van der Waals surface area (Å²) >= 11 is 0. The minimum absolute atomic E-state index is 0.365. The molecule has 0 saturated heterocycles. The van der Waals surface area contributed by atoms with Gasteiger partial charge < -0.3 is 4.43 Å². The molecule has 0 spiro atoms. The molecular formula is C10H21FO2Si. The molecule has 0 heterocycles. The molecule has 0 saturated carbocycles. The Morgan fingerprint density at radius 3 is 2.29 bits per heavy atom. The molecule has 0 rings (SSSR count). The third-order valence-electron chi connectivity index (χ3n) is 1.84. The van der Waals surface area contributed by atoms with Gasteiger partial charge in [-0.25, -0.2) is 0 Å². The van der Waals surface area contributed by atoms with Crippen molar-refractivity contribution in [1.82, 2.24) is 0 Å². The van der Waals surface area contributed by atoms with E-state index in [1.807, 2.05) is 0 Å². The lowest BCUT2D eigenvalue weighted by atomic mass is 10.1. The van der Waals surface area contributed by atoms with Crippen molar-refractivity contribution in [2.45, 2.75) is 58.5 Å². The normalized spacial score (nSPS) is 11.4. The lowest BCUT2D eigenvalue weighted by Gasteiger charge is -2.12. The zero-order valence-electron chi connectivity index (χ0n) is 9.44. The fourth-order valence-corrected chi connectivity index (χ4v) is 1.84. The monoisotopic (exact) mass is 220 g/mol. The van der Waals surface area contributed by atoms with E-state index in [4.69, 9.17) is 0 Å². The van der Waals surface area contributed by atoms with E-state index in [0.717, 1.165) is 19.3 Å². The molecule has 0 N–H and O–H groups in total. The van der Waals surface area contributed by atoms with Crippen LogP contribution in [-0.2, 0) is 9.22 Å². The van der Waals surface area contributed by atoms with Gasteiger partial charge in [0.1, 0.15) is 0 Å². The Morgan fingerprint density at radius 2 is 1.79 bits per heavy atom. The van der Waals surface area contributed by atoms with Crippen molar-refractivity contribution in [2.24, 2.45) is 0 Å². The fourth-order valence-electron chi connectivity index (χ4n) is 1.19. The summed E-state index contributed by atoms with van der Waals surface area (Å²) < 4.78 is 17.6. The molecule has 4 heteroatoms. The van der Waals surface area contributed by atoms with Crippen molar-refractivity contribution in [2.75, 3.05) is 0 Å². The molecule has 0 aliphatic heterocycles. The van der Waals surface area contributed by atoms with E-state index >= 15 is 0 Å². The quantitative estimate of drug-likeness (QED) is 0.372. The average molecular weight is 220 g/mol. The van der Waals surface area contributed by atoms with Crippen molar-refractivity contribution in [3.63, 3.8) is 0 Å². The van der Waals surface area contributed by atoms with E-state index in [1.54, 1.807) is 0 Å². The van der Waals surface area contributed by atoms with Crippen LogP contribution in [0.1, 0.15) is 45.4 Å². The first kappa shape index (κ1) is 13.6. The van der Waals surface area contributed by atoms with Gasteiger partial charge in [-0.15, -0.1) is 0 Å². The molecule has 0 unspecified atom stereocenters. The molecule has 14 heavy (non-hydrogen) atoms. The van der Waals surface area contributed by atoms with E-state index in [2.05, 4.69) is 11.3 Å². The zero-order valence-corrected chi connectivity index (χ0v) is 10.4. The highest BCUT2D eigenvalue weighted by atomic mass is 28.4. The van der Waals surface area contributed by atoms with E-state index in [9.17, 15) is 8.90 Å². The summed E-state index contributed by atoms with van der Waals surface area (Å²) in [5, 5.41) is 0. The molecule has 0 radical (unpaired) electrons. The predicted molar refractivity (Wildman–Crippen MR) is 58.1 cm³/mol. The van der Waals surface area contributed by atoms with Crippen LogP contribution in [0.2, 0.25) is 13.1 Å². The number of rotatable bonds is 7. The summed E-state index contributed by atoms with van der Waals surface area (Å²) in [6, 6.07) is 0. The standard InChI is InChI=1S/C10H21FO2Si/c1-4-5-6-7-8-9-10(12)13-14(2,3)11/h4-9H2,1-3H3. The van der Waals surface area contributed by atoms with Crippen molar-refractivity contribution >= 4 is 14.6 Å². The molecule has 0 aromatic rings. The molecule has 0 fully saturated rings. The van der Waals surface area contributed by atoms with Gasteiger partial charge in [-0.1, -0.05) is 32.6 Å². The highest BCUT2D eigenvalue weighted by Gasteiger charge is 2.26. The molecule has 0 amide bonds. The Morgan fingerprint density at radius 1 is 1.21 bits per heavy atom. The number of unbranched alkanes of at least 4 members (excludes halogenated alkanes) is 4. The number of halogens is 1. The maximum absolute atomic E-state index is 13.0. The van der Waals surface area contributed by atoms with Gasteiger partial charge in [0.05, 0.1) is 0 Å². The van der Waals surface area contributed by atoms with Gasteiger partial charge in [0.2, 0.25) is 0 Å². The van der Waals surface area contributed by atoms with Crippen LogP contribution >= 0.6 is 0 Å². The summed E-state index contributed by atoms with van der Waals surface area (Å²) in [6.07, 6.45) is 5.78. The number of carbonyl (C=O) groups excluding carboxylic acids is 1.